The van der Waals surface area contributed by atoms with E-state index in [1.807, 2.05) is 12.1 Å². The molecule has 1 aromatic carbocycles. The van der Waals surface area contributed by atoms with Gasteiger partial charge in [0.15, 0.2) is 6.54 Å². The smallest absolute Gasteiger partial charge is 0.284 e. The standard InChI is InChI=1S/C12H14N2OS.HI/c1-2-3-8-14-10-6-4-5-7-11(10)16-12(14)9-13-15;/h4-7,9H,2-3,8H2,1H3;1H. The Morgan fingerprint density at radius 1 is 1.41 bits per heavy atom. The molecule has 3 nitrogen and oxygen atoms in total. The minimum absolute atomic E-state index is 0. The highest BCUT2D eigenvalue weighted by molar-refractivity contribution is 7.19. The minimum atomic E-state index is 0. The molecule has 0 saturated heterocycles. The Hall–Kier alpha value is -0.690. The molecule has 5 heteroatoms. The zero-order valence-electron chi connectivity index (χ0n) is 9.64. The Morgan fingerprint density at radius 3 is 2.88 bits per heavy atom. The Morgan fingerprint density at radius 2 is 2.18 bits per heavy atom. The summed E-state index contributed by atoms with van der Waals surface area (Å²) in [4.78, 5) is 0. The maximum absolute atomic E-state index is 8.66. The number of nitrogens with zero attached hydrogens (tertiary/aromatic N) is 2. The van der Waals surface area contributed by atoms with Crippen molar-refractivity contribution in [2.24, 2.45) is 5.16 Å². The molecule has 0 aliphatic rings. The predicted molar refractivity (Wildman–Crippen MR) is 66.3 cm³/mol. The average Bonchev–Trinajstić information content (AvgIpc) is 2.65. The van der Waals surface area contributed by atoms with Crippen molar-refractivity contribution in [1.29, 1.82) is 0 Å². The molecule has 2 rings (SSSR count). The van der Waals surface area contributed by atoms with Gasteiger partial charge in [0.1, 0.15) is 10.9 Å². The fraction of sp³-hybridized carbons (Fsp3) is 0.333. The molecule has 0 unspecified atom stereocenters. The van der Waals surface area contributed by atoms with Crippen LogP contribution in [0.15, 0.2) is 29.4 Å². The number of hydrogen-bond acceptors (Lipinski definition) is 3. The summed E-state index contributed by atoms with van der Waals surface area (Å²) in [6, 6.07) is 8.27. The van der Waals surface area contributed by atoms with E-state index in [0.29, 0.717) is 0 Å². The minimum Gasteiger partial charge on any atom is -1.00 e. The molecule has 0 spiro atoms. The van der Waals surface area contributed by atoms with Crippen LogP contribution in [0.1, 0.15) is 24.8 Å². The van der Waals surface area contributed by atoms with Gasteiger partial charge >= 0.3 is 0 Å². The number of thiazole rings is 1. The van der Waals surface area contributed by atoms with Gasteiger partial charge in [-0.3, -0.25) is 0 Å². The topological polar surface area (TPSA) is 36.5 Å². The van der Waals surface area contributed by atoms with Crippen LogP contribution in [-0.4, -0.2) is 11.4 Å². The third-order valence-corrected chi connectivity index (χ3v) is 3.64. The number of fused-ring (bicyclic) bond motifs is 1. The fourth-order valence-electron chi connectivity index (χ4n) is 1.75. The number of aromatic nitrogens is 1. The monoisotopic (exact) mass is 362 g/mol. The van der Waals surface area contributed by atoms with Crippen LogP contribution in [0.4, 0.5) is 0 Å². The van der Waals surface area contributed by atoms with Crippen molar-refractivity contribution in [3.05, 3.63) is 29.3 Å². The number of rotatable bonds is 4. The number of halogens is 1. The van der Waals surface area contributed by atoms with E-state index < -0.39 is 0 Å². The molecular weight excluding hydrogens is 347 g/mol. The predicted octanol–water partition coefficient (Wildman–Crippen LogP) is -0.199. The van der Waals surface area contributed by atoms with E-state index in [9.17, 15) is 0 Å². The second-order valence-corrected chi connectivity index (χ2v) is 4.72. The summed E-state index contributed by atoms with van der Waals surface area (Å²) in [5.41, 5.74) is 1.22. The highest BCUT2D eigenvalue weighted by atomic mass is 127. The normalized spacial score (nSPS) is 10.9. The largest absolute Gasteiger partial charge is 1.00 e. The first-order chi connectivity index (χ1) is 7.86. The van der Waals surface area contributed by atoms with E-state index in [-0.39, 0.29) is 24.0 Å². The van der Waals surface area contributed by atoms with Crippen molar-refractivity contribution < 1.29 is 33.8 Å². The van der Waals surface area contributed by atoms with E-state index in [1.165, 1.54) is 16.4 Å². The summed E-state index contributed by atoms with van der Waals surface area (Å²) in [7, 11) is 0. The maximum atomic E-state index is 8.66. The molecular formula is C12H15IN2OS. The van der Waals surface area contributed by atoms with E-state index in [2.05, 4.69) is 28.8 Å². The van der Waals surface area contributed by atoms with Crippen LogP contribution in [0, 0.1) is 0 Å². The van der Waals surface area contributed by atoms with E-state index >= 15 is 0 Å². The highest BCUT2D eigenvalue weighted by Gasteiger charge is 2.17. The van der Waals surface area contributed by atoms with Gasteiger partial charge in [-0.05, 0) is 6.07 Å². The summed E-state index contributed by atoms with van der Waals surface area (Å²) >= 11 is 1.65. The van der Waals surface area contributed by atoms with Gasteiger partial charge in [-0.15, -0.1) is 0 Å². The van der Waals surface area contributed by atoms with Gasteiger partial charge in [-0.1, -0.05) is 42.0 Å². The Labute approximate surface area is 122 Å². The number of hydrogen-bond donors (Lipinski definition) is 1. The Bertz CT molecular complexity index is 510. The third-order valence-electron chi connectivity index (χ3n) is 2.54. The van der Waals surface area contributed by atoms with Crippen molar-refractivity contribution in [1.82, 2.24) is 0 Å². The molecule has 0 aliphatic carbocycles. The molecule has 17 heavy (non-hydrogen) atoms. The van der Waals surface area contributed by atoms with Gasteiger partial charge in [0.2, 0.25) is 5.52 Å². The number of benzene rings is 1. The lowest BCUT2D eigenvalue weighted by atomic mass is 10.3. The summed E-state index contributed by atoms with van der Waals surface area (Å²) < 4.78 is 3.44. The lowest BCUT2D eigenvalue weighted by molar-refractivity contribution is -0.668. The van der Waals surface area contributed by atoms with Crippen LogP contribution in [0.5, 0.6) is 0 Å². The molecule has 0 amide bonds. The zero-order valence-corrected chi connectivity index (χ0v) is 12.6. The van der Waals surface area contributed by atoms with E-state index in [0.717, 1.165) is 24.4 Å². The molecule has 0 bridgehead atoms. The summed E-state index contributed by atoms with van der Waals surface area (Å²) in [6.45, 7) is 3.15. The van der Waals surface area contributed by atoms with Crippen LogP contribution < -0.4 is 28.5 Å². The van der Waals surface area contributed by atoms with Gasteiger partial charge in [0, 0.05) is 12.5 Å². The van der Waals surface area contributed by atoms with Crippen molar-refractivity contribution >= 4 is 27.8 Å². The lowest BCUT2D eigenvalue weighted by Gasteiger charge is -1.94. The molecule has 0 fully saturated rings. The quantitative estimate of drug-likeness (QED) is 0.264. The van der Waals surface area contributed by atoms with E-state index in [4.69, 9.17) is 5.21 Å². The second-order valence-electron chi connectivity index (χ2n) is 3.66. The first-order valence-corrected chi connectivity index (χ1v) is 6.27. The summed E-state index contributed by atoms with van der Waals surface area (Å²) in [5, 5.41) is 12.8. The number of unbranched alkanes of at least 4 members (excludes halogenated alkanes) is 1. The summed E-state index contributed by atoms with van der Waals surface area (Å²) in [6.07, 6.45) is 3.81. The van der Waals surface area contributed by atoms with Crippen LogP contribution >= 0.6 is 11.3 Å². The van der Waals surface area contributed by atoms with Crippen molar-refractivity contribution in [3.63, 3.8) is 0 Å². The zero-order chi connectivity index (χ0) is 11.4. The third kappa shape index (κ3) is 3.16. The molecule has 1 N–H and O–H groups in total. The molecule has 0 aliphatic heterocycles. The molecule has 0 radical (unpaired) electrons. The van der Waals surface area contributed by atoms with Gasteiger partial charge < -0.3 is 29.2 Å². The van der Waals surface area contributed by atoms with Crippen molar-refractivity contribution in [2.45, 2.75) is 26.3 Å². The average molecular weight is 362 g/mol. The van der Waals surface area contributed by atoms with Gasteiger partial charge in [0.25, 0.3) is 5.01 Å². The highest BCUT2D eigenvalue weighted by Crippen LogP contribution is 2.19. The Kier molecular flexibility index (Phi) is 5.84. The number of aryl methyl sites for hydroxylation is 1. The molecule has 0 saturated carbocycles. The van der Waals surface area contributed by atoms with E-state index in [1.54, 1.807) is 11.3 Å². The lowest BCUT2D eigenvalue weighted by Crippen LogP contribution is -3.00. The molecule has 1 heterocycles. The second kappa shape index (κ2) is 6.90. The van der Waals surface area contributed by atoms with Crippen LogP contribution in [0.3, 0.4) is 0 Å². The first-order valence-electron chi connectivity index (χ1n) is 5.45. The molecule has 2 aromatic rings. The molecule has 0 atom stereocenters. The number of para-hydroxylation sites is 1. The molecule has 1 aromatic heterocycles. The molecule has 92 valence electrons. The van der Waals surface area contributed by atoms with Gasteiger partial charge in [-0.25, -0.2) is 0 Å². The Balaban J connectivity index is 0.00000144. The van der Waals surface area contributed by atoms with Gasteiger partial charge in [0.05, 0.1) is 0 Å². The summed E-state index contributed by atoms with van der Waals surface area (Å²) in [5.74, 6) is 0. The first kappa shape index (κ1) is 14.4. The maximum Gasteiger partial charge on any atom is 0.284 e. The SMILES string of the molecule is CCCC[n+]1c(C=NO)sc2ccccc21.[I-]. The van der Waals surface area contributed by atoms with Gasteiger partial charge in [-0.2, -0.15) is 4.57 Å². The van der Waals surface area contributed by atoms with Crippen molar-refractivity contribution in [2.75, 3.05) is 0 Å². The van der Waals surface area contributed by atoms with Crippen molar-refractivity contribution in [3.8, 4) is 0 Å². The van der Waals surface area contributed by atoms with Crippen LogP contribution in [0.25, 0.3) is 10.2 Å². The van der Waals surface area contributed by atoms with Crippen LogP contribution in [-0.2, 0) is 6.54 Å². The fourth-order valence-corrected chi connectivity index (χ4v) is 2.80. The number of oxime groups is 1. The van der Waals surface area contributed by atoms with Crippen LogP contribution in [0.2, 0.25) is 0 Å².